The summed E-state index contributed by atoms with van der Waals surface area (Å²) in [5.74, 6) is -0.150. The molecule has 3 nitrogen and oxygen atoms in total. The van der Waals surface area contributed by atoms with Gasteiger partial charge in [-0.1, -0.05) is 25.4 Å². The van der Waals surface area contributed by atoms with Gasteiger partial charge < -0.3 is 11.1 Å². The minimum absolute atomic E-state index is 0.150. The summed E-state index contributed by atoms with van der Waals surface area (Å²) in [7, 11) is 0. The Hall–Kier alpha value is -0.330. The van der Waals surface area contributed by atoms with E-state index in [9.17, 15) is 4.79 Å². The third-order valence-corrected chi connectivity index (χ3v) is 4.02. The number of anilines is 1. The van der Waals surface area contributed by atoms with Crippen molar-refractivity contribution >= 4 is 45.8 Å². The van der Waals surface area contributed by atoms with Crippen molar-refractivity contribution in [3.8, 4) is 0 Å². The molecule has 0 unspecified atom stereocenters. The molecule has 0 fully saturated rings. The van der Waals surface area contributed by atoms with Crippen LogP contribution in [0.3, 0.4) is 0 Å². The summed E-state index contributed by atoms with van der Waals surface area (Å²) in [6, 6.07) is 5.33. The van der Waals surface area contributed by atoms with Crippen LogP contribution in [0.2, 0.25) is 5.02 Å². The Morgan fingerprint density at radius 3 is 2.53 bits per heavy atom. The highest BCUT2D eigenvalue weighted by Gasteiger charge is 2.30. The summed E-state index contributed by atoms with van der Waals surface area (Å²) in [5, 5.41) is 3.50. The molecule has 17 heavy (non-hydrogen) atoms. The molecule has 5 heteroatoms. The maximum Gasteiger partial charge on any atom is 0.244 e. The largest absolute Gasteiger partial charge is 0.324 e. The van der Waals surface area contributed by atoms with Gasteiger partial charge in [0.15, 0.2) is 0 Å². The molecule has 0 aliphatic rings. The first kappa shape index (κ1) is 14.7. The number of carbonyl (C=O) groups is 1. The third kappa shape index (κ3) is 3.56. The molecule has 0 bridgehead atoms. The summed E-state index contributed by atoms with van der Waals surface area (Å²) in [6.45, 7) is 3.83. The van der Waals surface area contributed by atoms with Crippen molar-refractivity contribution in [2.24, 2.45) is 5.73 Å². The van der Waals surface area contributed by atoms with Crippen LogP contribution in [-0.4, -0.2) is 11.4 Å². The number of amides is 1. The highest BCUT2D eigenvalue weighted by Crippen LogP contribution is 2.24. The van der Waals surface area contributed by atoms with Gasteiger partial charge in [0, 0.05) is 8.59 Å². The van der Waals surface area contributed by atoms with Crippen LogP contribution in [0.25, 0.3) is 0 Å². The molecule has 0 saturated heterocycles. The fourth-order valence-corrected chi connectivity index (χ4v) is 2.42. The lowest BCUT2D eigenvalue weighted by Gasteiger charge is -2.25. The van der Waals surface area contributed by atoms with E-state index in [0.29, 0.717) is 17.9 Å². The standard InChI is InChI=1S/C12H16ClIN2O/c1-3-12(15,4-2)11(17)16-10-6-5-8(13)7-9(10)14/h5-7H,3-4,15H2,1-2H3,(H,16,17). The number of rotatable bonds is 4. The van der Waals surface area contributed by atoms with Gasteiger partial charge in [0.05, 0.1) is 11.2 Å². The predicted octanol–water partition coefficient (Wildman–Crippen LogP) is 3.40. The highest BCUT2D eigenvalue weighted by atomic mass is 127. The lowest BCUT2D eigenvalue weighted by molar-refractivity contribution is -0.121. The summed E-state index contributed by atoms with van der Waals surface area (Å²) in [5.41, 5.74) is 5.97. The minimum atomic E-state index is -0.803. The van der Waals surface area contributed by atoms with Gasteiger partial charge in [0.2, 0.25) is 5.91 Å². The van der Waals surface area contributed by atoms with Crippen LogP contribution in [0, 0.1) is 3.57 Å². The van der Waals surface area contributed by atoms with E-state index in [-0.39, 0.29) is 5.91 Å². The molecule has 1 rings (SSSR count). The van der Waals surface area contributed by atoms with Crippen molar-refractivity contribution in [3.63, 3.8) is 0 Å². The van der Waals surface area contributed by atoms with Crippen LogP contribution in [0.1, 0.15) is 26.7 Å². The first-order chi connectivity index (χ1) is 7.92. The molecule has 0 heterocycles. The molecule has 0 saturated carbocycles. The molecular weight excluding hydrogens is 351 g/mol. The van der Waals surface area contributed by atoms with Gasteiger partial charge in [-0.25, -0.2) is 0 Å². The van der Waals surface area contributed by atoms with E-state index in [4.69, 9.17) is 17.3 Å². The van der Waals surface area contributed by atoms with Gasteiger partial charge in [-0.05, 0) is 53.6 Å². The van der Waals surface area contributed by atoms with E-state index >= 15 is 0 Å². The van der Waals surface area contributed by atoms with Crippen LogP contribution in [0.5, 0.6) is 0 Å². The average molecular weight is 367 g/mol. The molecule has 3 N–H and O–H groups in total. The molecule has 0 atom stereocenters. The molecule has 0 aromatic heterocycles. The zero-order valence-corrected chi connectivity index (χ0v) is 12.8. The van der Waals surface area contributed by atoms with Crippen molar-refractivity contribution in [1.82, 2.24) is 0 Å². The normalized spacial score (nSPS) is 11.4. The van der Waals surface area contributed by atoms with Crippen LogP contribution in [0.15, 0.2) is 18.2 Å². The second-order valence-electron chi connectivity index (χ2n) is 3.94. The van der Waals surface area contributed by atoms with Crippen molar-refractivity contribution in [1.29, 1.82) is 0 Å². The van der Waals surface area contributed by atoms with Crippen molar-refractivity contribution in [2.75, 3.05) is 5.32 Å². The summed E-state index contributed by atoms with van der Waals surface area (Å²) in [4.78, 5) is 12.1. The maximum atomic E-state index is 12.1. The van der Waals surface area contributed by atoms with Gasteiger partial charge >= 0.3 is 0 Å². The number of nitrogens with one attached hydrogen (secondary N) is 1. The Bertz CT molecular complexity index is 419. The molecule has 1 aromatic rings. The Morgan fingerprint density at radius 1 is 1.47 bits per heavy atom. The molecule has 0 aliphatic heterocycles. The van der Waals surface area contributed by atoms with E-state index in [1.807, 2.05) is 13.8 Å². The molecule has 94 valence electrons. The molecule has 0 radical (unpaired) electrons. The quantitative estimate of drug-likeness (QED) is 0.803. The number of halogens is 2. The van der Waals surface area contributed by atoms with Crippen molar-refractivity contribution < 1.29 is 4.79 Å². The van der Waals surface area contributed by atoms with Gasteiger partial charge in [-0.3, -0.25) is 4.79 Å². The van der Waals surface area contributed by atoms with Crippen LogP contribution >= 0.6 is 34.2 Å². The molecule has 0 spiro atoms. The molecule has 0 aliphatic carbocycles. The monoisotopic (exact) mass is 366 g/mol. The van der Waals surface area contributed by atoms with Crippen LogP contribution in [-0.2, 0) is 4.79 Å². The van der Waals surface area contributed by atoms with Gasteiger partial charge in [-0.2, -0.15) is 0 Å². The molecule has 1 amide bonds. The SMILES string of the molecule is CCC(N)(CC)C(=O)Nc1ccc(Cl)cc1I. The Labute approximate surface area is 120 Å². The second-order valence-corrected chi connectivity index (χ2v) is 5.54. The predicted molar refractivity (Wildman–Crippen MR) is 80.3 cm³/mol. The zero-order chi connectivity index (χ0) is 13.1. The van der Waals surface area contributed by atoms with E-state index in [1.165, 1.54) is 0 Å². The Balaban J connectivity index is 2.88. The van der Waals surface area contributed by atoms with Gasteiger partial charge in [-0.15, -0.1) is 0 Å². The lowest BCUT2D eigenvalue weighted by atomic mass is 9.93. The molecule has 1 aromatic carbocycles. The number of carbonyl (C=O) groups excluding carboxylic acids is 1. The first-order valence-corrected chi connectivity index (χ1v) is 6.94. The fraction of sp³-hybridized carbons (Fsp3) is 0.417. The summed E-state index contributed by atoms with van der Waals surface area (Å²) < 4.78 is 0.901. The van der Waals surface area contributed by atoms with Gasteiger partial charge in [0.1, 0.15) is 0 Å². The summed E-state index contributed by atoms with van der Waals surface area (Å²) >= 11 is 7.99. The Morgan fingerprint density at radius 2 is 2.06 bits per heavy atom. The van der Waals surface area contributed by atoms with E-state index < -0.39 is 5.54 Å². The van der Waals surface area contributed by atoms with E-state index in [1.54, 1.807) is 18.2 Å². The third-order valence-electron chi connectivity index (χ3n) is 2.89. The Kier molecular flexibility index (Phi) is 5.22. The smallest absolute Gasteiger partial charge is 0.244 e. The molecular formula is C12H16ClIN2O. The average Bonchev–Trinajstić information content (AvgIpc) is 2.31. The topological polar surface area (TPSA) is 55.1 Å². The number of hydrogen-bond donors (Lipinski definition) is 2. The highest BCUT2D eigenvalue weighted by molar-refractivity contribution is 14.1. The van der Waals surface area contributed by atoms with Crippen molar-refractivity contribution in [3.05, 3.63) is 26.8 Å². The van der Waals surface area contributed by atoms with E-state index in [2.05, 4.69) is 27.9 Å². The lowest BCUT2D eigenvalue weighted by Crippen LogP contribution is -2.50. The van der Waals surface area contributed by atoms with Crippen molar-refractivity contribution in [2.45, 2.75) is 32.2 Å². The fourth-order valence-electron chi connectivity index (χ4n) is 1.41. The second kappa shape index (κ2) is 6.02. The number of nitrogens with two attached hydrogens (primary N) is 1. The number of hydrogen-bond acceptors (Lipinski definition) is 2. The zero-order valence-electron chi connectivity index (χ0n) is 9.89. The minimum Gasteiger partial charge on any atom is -0.324 e. The van der Waals surface area contributed by atoms with Gasteiger partial charge in [0.25, 0.3) is 0 Å². The van der Waals surface area contributed by atoms with Crippen LogP contribution < -0.4 is 11.1 Å². The first-order valence-electron chi connectivity index (χ1n) is 5.48. The maximum absolute atomic E-state index is 12.1. The summed E-state index contributed by atoms with van der Waals surface area (Å²) in [6.07, 6.45) is 1.22. The van der Waals surface area contributed by atoms with E-state index in [0.717, 1.165) is 9.26 Å². The number of benzene rings is 1. The van der Waals surface area contributed by atoms with Crippen LogP contribution in [0.4, 0.5) is 5.69 Å².